The average molecular weight is 290 g/mol. The molecule has 0 saturated heterocycles. The molecule has 3 heterocycles. The lowest BCUT2D eigenvalue weighted by molar-refractivity contribution is 0.405. The second-order valence-corrected chi connectivity index (χ2v) is 4.33. The Balaban J connectivity index is 2.05. The Labute approximate surface area is 118 Å². The zero-order valence-electron chi connectivity index (χ0n) is 10.5. The number of hydrogen-bond donors (Lipinski definition) is 1. The quantitative estimate of drug-likeness (QED) is 0.709. The van der Waals surface area contributed by atoms with Gasteiger partial charge in [-0.1, -0.05) is 0 Å². The van der Waals surface area contributed by atoms with Crippen molar-refractivity contribution in [2.45, 2.75) is 6.42 Å². The topological polar surface area (TPSA) is 104 Å². The summed E-state index contributed by atoms with van der Waals surface area (Å²) in [5.74, 6) is 1.86. The van der Waals surface area contributed by atoms with Gasteiger partial charge in [-0.05, 0) is 24.4 Å². The molecule has 0 amide bonds. The first-order valence-electron chi connectivity index (χ1n) is 5.67. The number of methoxy groups -OCH3 is 1. The van der Waals surface area contributed by atoms with E-state index >= 15 is 0 Å². The van der Waals surface area contributed by atoms with Crippen molar-refractivity contribution >= 4 is 29.0 Å². The highest BCUT2D eigenvalue weighted by atomic mass is 32.1. The second-order valence-electron chi connectivity index (χ2n) is 3.88. The summed E-state index contributed by atoms with van der Waals surface area (Å²) >= 11 is 4.97. The van der Waals surface area contributed by atoms with Crippen LogP contribution < -0.4 is 5.73 Å². The number of nitrogens with zero attached hydrogens (tertiary/aromatic N) is 5. The Morgan fingerprint density at radius 1 is 1.45 bits per heavy atom. The van der Waals surface area contributed by atoms with Gasteiger partial charge in [0.25, 0.3) is 5.78 Å². The summed E-state index contributed by atoms with van der Waals surface area (Å²) in [5, 5.41) is 4.57. The monoisotopic (exact) mass is 290 g/mol. The predicted octanol–water partition coefficient (Wildman–Crippen LogP) is 0.878. The van der Waals surface area contributed by atoms with Crippen LogP contribution in [0.25, 0.3) is 17.4 Å². The number of fused-ring (bicyclic) bond motifs is 1. The van der Waals surface area contributed by atoms with Crippen molar-refractivity contribution in [1.82, 2.24) is 24.6 Å². The third-order valence-corrected chi connectivity index (χ3v) is 2.86. The zero-order valence-corrected chi connectivity index (χ0v) is 11.3. The molecule has 0 aliphatic carbocycles. The van der Waals surface area contributed by atoms with Gasteiger partial charge in [-0.25, -0.2) is 0 Å². The third-order valence-electron chi connectivity index (χ3n) is 2.55. The molecule has 0 bridgehead atoms. The van der Waals surface area contributed by atoms with Crippen LogP contribution in [0.15, 0.2) is 22.8 Å². The normalized spacial score (nSPS) is 10.8. The molecule has 0 aliphatic rings. The van der Waals surface area contributed by atoms with E-state index in [0.717, 1.165) is 0 Å². The largest absolute Gasteiger partial charge is 0.490 e. The molecular formula is C11H10N6O2S. The molecule has 0 fully saturated rings. The molecular weight excluding hydrogens is 280 g/mol. The van der Waals surface area contributed by atoms with Crippen LogP contribution in [0.3, 0.4) is 0 Å². The fraction of sp³-hybridized carbons (Fsp3) is 0.182. The molecule has 9 heteroatoms. The van der Waals surface area contributed by atoms with Gasteiger partial charge in [-0.15, -0.1) is 5.10 Å². The number of hydrogen-bond acceptors (Lipinski definition) is 8. The van der Waals surface area contributed by atoms with Gasteiger partial charge in [-0.2, -0.15) is 19.5 Å². The van der Waals surface area contributed by atoms with Crippen LogP contribution >= 0.6 is 12.2 Å². The first-order valence-corrected chi connectivity index (χ1v) is 6.08. The Morgan fingerprint density at radius 2 is 2.30 bits per heavy atom. The SMILES string of the molecule is COC(=S)Cc1nc(N)n2nc(-c3ccco3)nc2n1. The Bertz CT molecular complexity index is 767. The van der Waals surface area contributed by atoms with E-state index in [2.05, 4.69) is 20.1 Å². The second kappa shape index (κ2) is 4.85. The van der Waals surface area contributed by atoms with Crippen molar-refractivity contribution in [2.75, 3.05) is 12.8 Å². The average Bonchev–Trinajstić information content (AvgIpc) is 3.06. The maximum absolute atomic E-state index is 5.84. The van der Waals surface area contributed by atoms with Gasteiger partial charge < -0.3 is 14.9 Å². The molecule has 0 aromatic carbocycles. The van der Waals surface area contributed by atoms with Crippen molar-refractivity contribution in [3.05, 3.63) is 24.2 Å². The first kappa shape index (κ1) is 12.5. The van der Waals surface area contributed by atoms with Crippen molar-refractivity contribution in [3.8, 4) is 11.6 Å². The van der Waals surface area contributed by atoms with E-state index in [9.17, 15) is 0 Å². The van der Waals surface area contributed by atoms with E-state index < -0.39 is 0 Å². The highest BCUT2D eigenvalue weighted by Crippen LogP contribution is 2.16. The van der Waals surface area contributed by atoms with Crippen LogP contribution in [0.2, 0.25) is 0 Å². The van der Waals surface area contributed by atoms with E-state index in [1.807, 2.05) is 0 Å². The minimum Gasteiger partial charge on any atom is -0.490 e. The summed E-state index contributed by atoms with van der Waals surface area (Å²) in [4.78, 5) is 12.6. The van der Waals surface area contributed by atoms with Crippen molar-refractivity contribution in [1.29, 1.82) is 0 Å². The van der Waals surface area contributed by atoms with Crippen molar-refractivity contribution in [3.63, 3.8) is 0 Å². The summed E-state index contributed by atoms with van der Waals surface area (Å²) in [6.07, 6.45) is 1.83. The van der Waals surface area contributed by atoms with Gasteiger partial charge in [0.05, 0.1) is 19.8 Å². The van der Waals surface area contributed by atoms with E-state index in [4.69, 9.17) is 27.1 Å². The molecule has 3 rings (SSSR count). The van der Waals surface area contributed by atoms with Gasteiger partial charge in [0, 0.05) is 0 Å². The first-order chi connectivity index (χ1) is 9.67. The molecule has 3 aromatic rings. The highest BCUT2D eigenvalue weighted by Gasteiger charge is 2.14. The molecule has 0 unspecified atom stereocenters. The van der Waals surface area contributed by atoms with Crippen molar-refractivity contribution in [2.24, 2.45) is 0 Å². The van der Waals surface area contributed by atoms with Gasteiger partial charge in [0.1, 0.15) is 5.82 Å². The number of aromatic nitrogens is 5. The summed E-state index contributed by atoms with van der Waals surface area (Å²) < 4.78 is 11.5. The zero-order chi connectivity index (χ0) is 14.1. The Hall–Kier alpha value is -2.55. The summed E-state index contributed by atoms with van der Waals surface area (Å²) in [6.45, 7) is 0. The lowest BCUT2D eigenvalue weighted by Crippen LogP contribution is -2.11. The van der Waals surface area contributed by atoms with Crippen LogP contribution in [0.4, 0.5) is 5.95 Å². The van der Waals surface area contributed by atoms with E-state index in [1.165, 1.54) is 11.6 Å². The molecule has 20 heavy (non-hydrogen) atoms. The standard InChI is InChI=1S/C11H10N6O2S/c1-18-8(20)5-7-13-10(12)17-11(14-7)15-9(16-17)6-3-2-4-19-6/h2-4H,5H2,1H3,(H2,12,13,14,15,16). The number of thiocarbonyl (C=S) groups is 1. The third kappa shape index (κ3) is 2.18. The van der Waals surface area contributed by atoms with Crippen LogP contribution in [-0.2, 0) is 11.2 Å². The van der Waals surface area contributed by atoms with Gasteiger partial charge in [0.2, 0.25) is 11.8 Å². The minimum atomic E-state index is 0.175. The molecule has 0 atom stereocenters. The maximum Gasteiger partial charge on any atom is 0.257 e. The lowest BCUT2D eigenvalue weighted by atomic mass is 10.4. The molecule has 0 aliphatic heterocycles. The lowest BCUT2D eigenvalue weighted by Gasteiger charge is -2.02. The van der Waals surface area contributed by atoms with E-state index in [0.29, 0.717) is 28.2 Å². The fourth-order valence-corrected chi connectivity index (χ4v) is 1.77. The Morgan fingerprint density at radius 3 is 3.00 bits per heavy atom. The fourth-order valence-electron chi connectivity index (χ4n) is 1.64. The van der Waals surface area contributed by atoms with Crippen LogP contribution in [0, 0.1) is 0 Å². The van der Waals surface area contributed by atoms with Crippen LogP contribution in [-0.4, -0.2) is 36.7 Å². The minimum absolute atomic E-state index is 0.175. The maximum atomic E-state index is 5.84. The van der Waals surface area contributed by atoms with E-state index in [1.54, 1.807) is 18.4 Å². The van der Waals surface area contributed by atoms with E-state index in [-0.39, 0.29) is 12.4 Å². The number of nitrogen functional groups attached to an aromatic ring is 1. The van der Waals surface area contributed by atoms with Gasteiger partial charge in [0.15, 0.2) is 10.8 Å². The smallest absolute Gasteiger partial charge is 0.257 e. The van der Waals surface area contributed by atoms with Crippen LogP contribution in [0.5, 0.6) is 0 Å². The number of rotatable bonds is 3. The number of nitrogens with two attached hydrogens (primary N) is 1. The molecule has 8 nitrogen and oxygen atoms in total. The molecule has 0 saturated carbocycles. The number of anilines is 1. The summed E-state index contributed by atoms with van der Waals surface area (Å²) in [6, 6.07) is 3.50. The number of ether oxygens (including phenoxy) is 1. The van der Waals surface area contributed by atoms with Crippen LogP contribution in [0.1, 0.15) is 5.82 Å². The molecule has 0 spiro atoms. The predicted molar refractivity (Wildman–Crippen MR) is 74.0 cm³/mol. The highest BCUT2D eigenvalue weighted by molar-refractivity contribution is 7.80. The molecule has 3 aromatic heterocycles. The Kier molecular flexibility index (Phi) is 3.03. The molecule has 0 radical (unpaired) electrons. The molecule has 2 N–H and O–H groups in total. The summed E-state index contributed by atoms with van der Waals surface area (Å²) in [5.41, 5.74) is 5.84. The van der Waals surface area contributed by atoms with Gasteiger partial charge in [-0.3, -0.25) is 0 Å². The van der Waals surface area contributed by atoms with Gasteiger partial charge >= 0.3 is 0 Å². The molecule has 102 valence electrons. The van der Waals surface area contributed by atoms with Crippen molar-refractivity contribution < 1.29 is 9.15 Å². The number of furan rings is 1. The summed E-state index contributed by atoms with van der Waals surface area (Å²) in [7, 11) is 1.50.